The molecule has 0 spiro atoms. The Hall–Kier alpha value is -2.28. The van der Waals surface area contributed by atoms with Gasteiger partial charge in [-0.05, 0) is 18.2 Å². The van der Waals surface area contributed by atoms with Gasteiger partial charge >= 0.3 is 0 Å². The zero-order valence-electron chi connectivity index (χ0n) is 11.6. The summed E-state index contributed by atoms with van der Waals surface area (Å²) in [6.45, 7) is 4.97. The molecule has 1 fully saturated rings. The number of aromatic amines is 1. The van der Waals surface area contributed by atoms with E-state index in [1.807, 2.05) is 18.2 Å². The van der Waals surface area contributed by atoms with Gasteiger partial charge in [0.05, 0.1) is 0 Å². The molecule has 0 aliphatic carbocycles. The fourth-order valence-corrected chi connectivity index (χ4v) is 2.58. The maximum absolute atomic E-state index is 5.60. The summed E-state index contributed by atoms with van der Waals surface area (Å²) in [7, 11) is 0. The van der Waals surface area contributed by atoms with E-state index in [0.717, 1.165) is 55.0 Å². The molecule has 2 aliphatic rings. The first-order valence-electron chi connectivity index (χ1n) is 7.18. The van der Waals surface area contributed by atoms with E-state index in [0.29, 0.717) is 13.2 Å². The fourth-order valence-electron chi connectivity index (χ4n) is 2.58. The van der Waals surface area contributed by atoms with E-state index in [4.69, 9.17) is 9.47 Å². The largest absolute Gasteiger partial charge is 0.486 e. The van der Waals surface area contributed by atoms with Crippen molar-refractivity contribution < 1.29 is 9.47 Å². The molecule has 3 heterocycles. The maximum atomic E-state index is 5.60. The number of anilines is 1. The molecule has 110 valence electrons. The van der Waals surface area contributed by atoms with Gasteiger partial charge in [0.15, 0.2) is 17.3 Å². The molecule has 4 rings (SSSR count). The van der Waals surface area contributed by atoms with Gasteiger partial charge in [0.1, 0.15) is 13.2 Å². The van der Waals surface area contributed by atoms with Gasteiger partial charge in [-0.2, -0.15) is 4.98 Å². The second-order valence-electron chi connectivity index (χ2n) is 5.08. The second-order valence-corrected chi connectivity index (χ2v) is 5.08. The van der Waals surface area contributed by atoms with Gasteiger partial charge in [0.2, 0.25) is 5.95 Å². The van der Waals surface area contributed by atoms with Crippen LogP contribution in [0.3, 0.4) is 0 Å². The lowest BCUT2D eigenvalue weighted by atomic mass is 10.2. The number of rotatable bonds is 2. The molecule has 21 heavy (non-hydrogen) atoms. The lowest BCUT2D eigenvalue weighted by molar-refractivity contribution is 0.171. The molecule has 1 aromatic heterocycles. The summed E-state index contributed by atoms with van der Waals surface area (Å²) in [6, 6.07) is 5.82. The molecule has 2 N–H and O–H groups in total. The van der Waals surface area contributed by atoms with Crippen molar-refractivity contribution in [1.82, 2.24) is 20.5 Å². The molecule has 2 aromatic rings. The zero-order chi connectivity index (χ0) is 14.1. The first kappa shape index (κ1) is 12.5. The van der Waals surface area contributed by atoms with E-state index in [1.165, 1.54) is 0 Å². The van der Waals surface area contributed by atoms with Crippen LogP contribution in [-0.4, -0.2) is 54.6 Å². The second kappa shape index (κ2) is 5.25. The molecule has 1 saturated heterocycles. The van der Waals surface area contributed by atoms with Crippen molar-refractivity contribution >= 4 is 5.95 Å². The van der Waals surface area contributed by atoms with Crippen molar-refractivity contribution in [3.05, 3.63) is 18.2 Å². The number of hydrogen-bond donors (Lipinski definition) is 2. The van der Waals surface area contributed by atoms with Crippen LogP contribution in [0.4, 0.5) is 5.95 Å². The third kappa shape index (κ3) is 2.40. The molecule has 0 saturated carbocycles. The van der Waals surface area contributed by atoms with Gasteiger partial charge in [0, 0.05) is 31.7 Å². The standard InChI is InChI=1S/C14H17N5O2/c1-2-11-12(21-8-7-20-11)9-10(1)13-16-14(18-17-13)19-5-3-15-4-6-19/h1-2,9,15H,3-8H2,(H,16,17,18). The number of hydrogen-bond acceptors (Lipinski definition) is 6. The molecule has 7 heteroatoms. The lowest BCUT2D eigenvalue weighted by Gasteiger charge is -2.25. The first-order chi connectivity index (χ1) is 10.4. The van der Waals surface area contributed by atoms with Crippen LogP contribution in [0.2, 0.25) is 0 Å². The minimum absolute atomic E-state index is 0.582. The Morgan fingerprint density at radius 3 is 2.71 bits per heavy atom. The number of aromatic nitrogens is 3. The Kier molecular flexibility index (Phi) is 3.11. The average molecular weight is 287 g/mol. The van der Waals surface area contributed by atoms with E-state index in [9.17, 15) is 0 Å². The minimum atomic E-state index is 0.582. The van der Waals surface area contributed by atoms with Crippen LogP contribution >= 0.6 is 0 Å². The van der Waals surface area contributed by atoms with Crippen LogP contribution in [0.1, 0.15) is 0 Å². The molecular formula is C14H17N5O2. The average Bonchev–Trinajstić information content (AvgIpc) is 3.05. The summed E-state index contributed by atoms with van der Waals surface area (Å²) in [6.07, 6.45) is 0. The number of nitrogens with zero attached hydrogens (tertiary/aromatic N) is 3. The maximum Gasteiger partial charge on any atom is 0.245 e. The predicted molar refractivity (Wildman–Crippen MR) is 77.9 cm³/mol. The van der Waals surface area contributed by atoms with E-state index in [-0.39, 0.29) is 0 Å². The van der Waals surface area contributed by atoms with Crippen LogP contribution in [0.25, 0.3) is 11.4 Å². The van der Waals surface area contributed by atoms with Crippen molar-refractivity contribution in [2.24, 2.45) is 0 Å². The molecular weight excluding hydrogens is 270 g/mol. The smallest absolute Gasteiger partial charge is 0.245 e. The Morgan fingerprint density at radius 1 is 1.05 bits per heavy atom. The number of piperazine rings is 1. The normalized spacial score (nSPS) is 17.8. The van der Waals surface area contributed by atoms with Gasteiger partial charge in [-0.15, -0.1) is 5.10 Å². The van der Waals surface area contributed by atoms with E-state index in [1.54, 1.807) is 0 Å². The molecule has 0 radical (unpaired) electrons. The summed E-state index contributed by atoms with van der Waals surface area (Å²) >= 11 is 0. The highest BCUT2D eigenvalue weighted by Crippen LogP contribution is 2.33. The van der Waals surface area contributed by atoms with Crippen molar-refractivity contribution in [3.63, 3.8) is 0 Å². The Bertz CT molecular complexity index is 636. The quantitative estimate of drug-likeness (QED) is 0.845. The van der Waals surface area contributed by atoms with Gasteiger partial charge < -0.3 is 19.7 Å². The molecule has 0 unspecified atom stereocenters. The highest BCUT2D eigenvalue weighted by atomic mass is 16.6. The van der Waals surface area contributed by atoms with Gasteiger partial charge in [0.25, 0.3) is 0 Å². The topological polar surface area (TPSA) is 75.3 Å². The van der Waals surface area contributed by atoms with E-state index in [2.05, 4.69) is 25.4 Å². The number of nitrogens with one attached hydrogen (secondary N) is 2. The molecule has 1 aromatic carbocycles. The molecule has 0 amide bonds. The highest BCUT2D eigenvalue weighted by Gasteiger charge is 2.17. The zero-order valence-corrected chi connectivity index (χ0v) is 11.6. The third-order valence-corrected chi connectivity index (χ3v) is 3.69. The van der Waals surface area contributed by atoms with Crippen LogP contribution in [0.5, 0.6) is 11.5 Å². The van der Waals surface area contributed by atoms with Crippen molar-refractivity contribution in [1.29, 1.82) is 0 Å². The summed E-state index contributed by atoms with van der Waals surface area (Å²) in [5, 5.41) is 10.6. The summed E-state index contributed by atoms with van der Waals surface area (Å²) in [5.41, 5.74) is 0.952. The van der Waals surface area contributed by atoms with Crippen molar-refractivity contribution in [2.45, 2.75) is 0 Å². The summed E-state index contributed by atoms with van der Waals surface area (Å²) in [5.74, 6) is 3.05. The Balaban J connectivity index is 1.60. The van der Waals surface area contributed by atoms with Crippen LogP contribution < -0.4 is 19.7 Å². The molecule has 2 aliphatic heterocycles. The number of benzene rings is 1. The number of fused-ring (bicyclic) bond motifs is 1. The minimum Gasteiger partial charge on any atom is -0.486 e. The van der Waals surface area contributed by atoms with E-state index < -0.39 is 0 Å². The summed E-state index contributed by atoms with van der Waals surface area (Å²) < 4.78 is 11.1. The fraction of sp³-hybridized carbons (Fsp3) is 0.429. The van der Waals surface area contributed by atoms with Crippen LogP contribution in [0, 0.1) is 0 Å². The van der Waals surface area contributed by atoms with Crippen molar-refractivity contribution in [2.75, 3.05) is 44.3 Å². The lowest BCUT2D eigenvalue weighted by Crippen LogP contribution is -2.44. The predicted octanol–water partition coefficient (Wildman–Crippen LogP) is 0.652. The van der Waals surface area contributed by atoms with Gasteiger partial charge in [-0.3, -0.25) is 5.10 Å². The van der Waals surface area contributed by atoms with Crippen LogP contribution in [-0.2, 0) is 0 Å². The Labute approximate surface area is 122 Å². The van der Waals surface area contributed by atoms with E-state index >= 15 is 0 Å². The molecule has 7 nitrogen and oxygen atoms in total. The first-order valence-corrected chi connectivity index (χ1v) is 7.18. The van der Waals surface area contributed by atoms with Gasteiger partial charge in [-0.1, -0.05) is 0 Å². The Morgan fingerprint density at radius 2 is 1.86 bits per heavy atom. The molecule has 0 bridgehead atoms. The summed E-state index contributed by atoms with van der Waals surface area (Å²) in [4.78, 5) is 6.76. The third-order valence-electron chi connectivity index (χ3n) is 3.69. The van der Waals surface area contributed by atoms with Crippen LogP contribution in [0.15, 0.2) is 18.2 Å². The SMILES string of the molecule is c1cc2c(cc1-c1nc(N3CCNCC3)n[nH]1)OCCO2. The van der Waals surface area contributed by atoms with Crippen molar-refractivity contribution in [3.8, 4) is 22.9 Å². The highest BCUT2D eigenvalue weighted by molar-refractivity contribution is 5.62. The number of ether oxygens (including phenoxy) is 2. The molecule has 0 atom stereocenters. The monoisotopic (exact) mass is 287 g/mol. The van der Waals surface area contributed by atoms with Gasteiger partial charge in [-0.25, -0.2) is 0 Å². The number of H-pyrrole nitrogens is 1.